The van der Waals surface area contributed by atoms with Gasteiger partial charge in [-0.05, 0) is 30.3 Å². The number of benzene rings is 2. The first kappa shape index (κ1) is 14.1. The first-order valence-electron chi connectivity index (χ1n) is 5.58. The van der Waals surface area contributed by atoms with E-state index in [-0.39, 0.29) is 22.6 Å². The average Bonchev–Trinajstić information content (AvgIpc) is 2.41. The molecule has 0 radical (unpaired) electrons. The second kappa shape index (κ2) is 5.75. The Morgan fingerprint density at radius 2 is 1.70 bits per heavy atom. The molecule has 0 bridgehead atoms. The van der Waals surface area contributed by atoms with E-state index in [0.717, 1.165) is 0 Å². The largest absolute Gasteiger partial charge is 0.478 e. The minimum absolute atomic E-state index is 0.0151. The van der Waals surface area contributed by atoms with E-state index in [1.54, 1.807) is 24.3 Å². The van der Waals surface area contributed by atoms with Gasteiger partial charge >= 0.3 is 5.97 Å². The molecule has 2 aromatic carbocycles. The van der Waals surface area contributed by atoms with Crippen LogP contribution in [0.2, 0.25) is 0 Å². The number of amides is 1. The van der Waals surface area contributed by atoms with Gasteiger partial charge in [0.25, 0.3) is 5.91 Å². The van der Waals surface area contributed by atoms with Crippen LogP contribution >= 0.6 is 15.9 Å². The van der Waals surface area contributed by atoms with Crippen molar-refractivity contribution >= 4 is 27.8 Å². The van der Waals surface area contributed by atoms with Crippen molar-refractivity contribution in [2.24, 2.45) is 5.73 Å². The molecule has 2 aromatic rings. The third-order valence-corrected chi connectivity index (χ3v) is 3.04. The van der Waals surface area contributed by atoms with Gasteiger partial charge in [0.05, 0.1) is 5.56 Å². The molecule has 0 saturated heterocycles. The molecule has 0 aliphatic carbocycles. The number of carboxylic acid groups (broad SMARTS) is 1. The quantitative estimate of drug-likeness (QED) is 0.898. The summed E-state index contributed by atoms with van der Waals surface area (Å²) in [7, 11) is 0. The van der Waals surface area contributed by atoms with E-state index in [4.69, 9.17) is 15.6 Å². The summed E-state index contributed by atoms with van der Waals surface area (Å²) in [5.74, 6) is -1.42. The van der Waals surface area contributed by atoms with Gasteiger partial charge in [-0.3, -0.25) is 4.79 Å². The standard InChI is InChI=1S/C14H10BrNO4/c15-8-5-6-12(10(7-8)14(18)19)20-11-4-2-1-3-9(11)13(16)17/h1-7H,(H2,16,17)(H,18,19). The van der Waals surface area contributed by atoms with Crippen molar-refractivity contribution in [1.82, 2.24) is 0 Å². The summed E-state index contributed by atoms with van der Waals surface area (Å²) >= 11 is 3.19. The number of carbonyl (C=O) groups excluding carboxylic acids is 1. The third kappa shape index (κ3) is 2.97. The van der Waals surface area contributed by atoms with E-state index >= 15 is 0 Å². The highest BCUT2D eigenvalue weighted by atomic mass is 79.9. The molecule has 3 N–H and O–H groups in total. The number of para-hydroxylation sites is 1. The number of halogens is 1. The molecular formula is C14H10BrNO4. The zero-order valence-electron chi connectivity index (χ0n) is 10.2. The van der Waals surface area contributed by atoms with Gasteiger partial charge in [0.2, 0.25) is 0 Å². The van der Waals surface area contributed by atoms with Crippen molar-refractivity contribution < 1.29 is 19.4 Å². The van der Waals surface area contributed by atoms with E-state index in [0.29, 0.717) is 4.47 Å². The molecule has 1 amide bonds. The van der Waals surface area contributed by atoms with E-state index in [2.05, 4.69) is 15.9 Å². The first-order valence-corrected chi connectivity index (χ1v) is 6.38. The summed E-state index contributed by atoms with van der Waals surface area (Å²) in [6, 6.07) is 10.9. The maximum Gasteiger partial charge on any atom is 0.339 e. The molecule has 2 rings (SSSR count). The Hall–Kier alpha value is -2.34. The zero-order valence-corrected chi connectivity index (χ0v) is 11.8. The Kier molecular flexibility index (Phi) is 4.05. The van der Waals surface area contributed by atoms with Gasteiger partial charge < -0.3 is 15.6 Å². The number of carbonyl (C=O) groups is 2. The highest BCUT2D eigenvalue weighted by molar-refractivity contribution is 9.10. The Morgan fingerprint density at radius 3 is 2.35 bits per heavy atom. The summed E-state index contributed by atoms with van der Waals surface area (Å²) < 4.78 is 6.13. The fraction of sp³-hybridized carbons (Fsp3) is 0. The zero-order chi connectivity index (χ0) is 14.7. The summed E-state index contributed by atoms with van der Waals surface area (Å²) in [5.41, 5.74) is 5.42. The fourth-order valence-electron chi connectivity index (χ4n) is 1.64. The molecule has 0 aromatic heterocycles. The summed E-state index contributed by atoms with van der Waals surface area (Å²) in [6.45, 7) is 0. The smallest absolute Gasteiger partial charge is 0.339 e. The van der Waals surface area contributed by atoms with Crippen LogP contribution in [0.5, 0.6) is 11.5 Å². The normalized spacial score (nSPS) is 10.1. The van der Waals surface area contributed by atoms with Gasteiger partial charge in [-0.1, -0.05) is 28.1 Å². The lowest BCUT2D eigenvalue weighted by Gasteiger charge is -2.11. The highest BCUT2D eigenvalue weighted by Gasteiger charge is 2.15. The van der Waals surface area contributed by atoms with E-state index in [9.17, 15) is 9.59 Å². The number of carboxylic acids is 1. The summed E-state index contributed by atoms with van der Waals surface area (Å²) in [6.07, 6.45) is 0. The molecule has 0 spiro atoms. The van der Waals surface area contributed by atoms with Gasteiger partial charge in [0.1, 0.15) is 17.1 Å². The number of primary amides is 1. The third-order valence-electron chi connectivity index (χ3n) is 2.54. The van der Waals surface area contributed by atoms with Crippen LogP contribution in [0.25, 0.3) is 0 Å². The van der Waals surface area contributed by atoms with Crippen molar-refractivity contribution in [3.63, 3.8) is 0 Å². The summed E-state index contributed by atoms with van der Waals surface area (Å²) in [4.78, 5) is 22.5. The minimum Gasteiger partial charge on any atom is -0.478 e. The Bertz CT molecular complexity index is 685. The molecule has 5 nitrogen and oxygen atoms in total. The Balaban J connectivity index is 2.45. The Morgan fingerprint density at radius 1 is 1.05 bits per heavy atom. The lowest BCUT2D eigenvalue weighted by Crippen LogP contribution is -2.12. The molecule has 6 heteroatoms. The predicted octanol–water partition coefficient (Wildman–Crippen LogP) is 3.04. The van der Waals surface area contributed by atoms with Crippen molar-refractivity contribution in [1.29, 1.82) is 0 Å². The van der Waals surface area contributed by atoms with Crippen LogP contribution in [-0.4, -0.2) is 17.0 Å². The number of ether oxygens (including phenoxy) is 1. The maximum absolute atomic E-state index is 11.3. The van der Waals surface area contributed by atoms with Gasteiger partial charge in [0, 0.05) is 4.47 Å². The number of aromatic carboxylic acids is 1. The average molecular weight is 336 g/mol. The highest BCUT2D eigenvalue weighted by Crippen LogP contribution is 2.30. The van der Waals surface area contributed by atoms with E-state index in [1.165, 1.54) is 18.2 Å². The molecule has 0 aliphatic heterocycles. The second-order valence-electron chi connectivity index (χ2n) is 3.91. The number of hydrogen-bond acceptors (Lipinski definition) is 3. The molecule has 0 aliphatic rings. The SMILES string of the molecule is NC(=O)c1ccccc1Oc1ccc(Br)cc1C(=O)O. The van der Waals surface area contributed by atoms with Crippen LogP contribution in [0.15, 0.2) is 46.9 Å². The molecule has 0 unspecified atom stereocenters. The van der Waals surface area contributed by atoms with Crippen molar-refractivity contribution in [2.45, 2.75) is 0 Å². The molecule has 0 fully saturated rings. The number of rotatable bonds is 4. The number of nitrogens with two attached hydrogens (primary N) is 1. The monoisotopic (exact) mass is 335 g/mol. The second-order valence-corrected chi connectivity index (χ2v) is 4.82. The molecule has 0 saturated carbocycles. The van der Waals surface area contributed by atoms with Crippen molar-refractivity contribution in [2.75, 3.05) is 0 Å². The van der Waals surface area contributed by atoms with Crippen LogP contribution in [0.3, 0.4) is 0 Å². The fourth-order valence-corrected chi connectivity index (χ4v) is 2.00. The van der Waals surface area contributed by atoms with Gasteiger partial charge in [0.15, 0.2) is 0 Å². The first-order chi connectivity index (χ1) is 9.49. The summed E-state index contributed by atoms with van der Waals surface area (Å²) in [5, 5.41) is 9.15. The lowest BCUT2D eigenvalue weighted by atomic mass is 10.1. The lowest BCUT2D eigenvalue weighted by molar-refractivity contribution is 0.0694. The molecule has 0 atom stereocenters. The van der Waals surface area contributed by atoms with Crippen LogP contribution in [0.1, 0.15) is 20.7 Å². The Labute approximate surface area is 123 Å². The molecule has 0 heterocycles. The van der Waals surface area contributed by atoms with E-state index < -0.39 is 11.9 Å². The molecule has 20 heavy (non-hydrogen) atoms. The topological polar surface area (TPSA) is 89.6 Å². The van der Waals surface area contributed by atoms with Crippen LogP contribution in [-0.2, 0) is 0 Å². The molecule has 102 valence electrons. The van der Waals surface area contributed by atoms with Crippen molar-refractivity contribution in [3.05, 3.63) is 58.1 Å². The minimum atomic E-state index is -1.13. The molecular weight excluding hydrogens is 326 g/mol. The van der Waals surface area contributed by atoms with Gasteiger partial charge in [-0.2, -0.15) is 0 Å². The van der Waals surface area contributed by atoms with Gasteiger partial charge in [-0.15, -0.1) is 0 Å². The van der Waals surface area contributed by atoms with E-state index in [1.807, 2.05) is 0 Å². The van der Waals surface area contributed by atoms with Gasteiger partial charge in [-0.25, -0.2) is 4.79 Å². The maximum atomic E-state index is 11.3. The number of hydrogen-bond donors (Lipinski definition) is 2. The van der Waals surface area contributed by atoms with Crippen molar-refractivity contribution in [3.8, 4) is 11.5 Å². The van der Waals surface area contributed by atoms with Crippen LogP contribution < -0.4 is 10.5 Å². The van der Waals surface area contributed by atoms with Crippen LogP contribution in [0, 0.1) is 0 Å². The van der Waals surface area contributed by atoms with Crippen LogP contribution in [0.4, 0.5) is 0 Å². The predicted molar refractivity (Wildman–Crippen MR) is 76.1 cm³/mol.